The van der Waals surface area contributed by atoms with Gasteiger partial charge in [0.05, 0.1) is 12.1 Å². The summed E-state index contributed by atoms with van der Waals surface area (Å²) in [6, 6.07) is 0.133. The number of thiazole rings is 1. The molecule has 1 atom stereocenters. The van der Waals surface area contributed by atoms with Gasteiger partial charge in [-0.15, -0.1) is 11.3 Å². The smallest absolute Gasteiger partial charge is 0.317 e. The van der Waals surface area contributed by atoms with Crippen molar-refractivity contribution < 1.29 is 9.90 Å². The monoisotopic (exact) mass is 228 g/mol. The average Bonchev–Trinajstić information content (AvgIpc) is 2.68. The molecule has 0 amide bonds. The standard InChI is InChI=1S/C10H16N2O2S/c1-3-4-12(6-10(13)14)8(2)9-5-11-7-15-9/h5,7-8H,3-4,6H2,1-2H3,(H,13,14). The molecule has 0 fully saturated rings. The van der Waals surface area contributed by atoms with Crippen molar-refractivity contribution in [2.45, 2.75) is 26.3 Å². The maximum absolute atomic E-state index is 10.7. The predicted molar refractivity (Wildman–Crippen MR) is 60.0 cm³/mol. The van der Waals surface area contributed by atoms with E-state index in [1.807, 2.05) is 18.7 Å². The third-order valence-electron chi connectivity index (χ3n) is 2.26. The number of aromatic nitrogens is 1. The van der Waals surface area contributed by atoms with Gasteiger partial charge in [-0.1, -0.05) is 6.92 Å². The Morgan fingerprint density at radius 1 is 1.73 bits per heavy atom. The van der Waals surface area contributed by atoms with Gasteiger partial charge in [-0.2, -0.15) is 0 Å². The van der Waals surface area contributed by atoms with Gasteiger partial charge in [-0.25, -0.2) is 0 Å². The summed E-state index contributed by atoms with van der Waals surface area (Å²) in [5.74, 6) is -0.778. The Hall–Kier alpha value is -0.940. The molecule has 0 aliphatic rings. The van der Waals surface area contributed by atoms with Crippen LogP contribution in [-0.2, 0) is 4.79 Å². The summed E-state index contributed by atoms with van der Waals surface area (Å²) in [5, 5.41) is 8.80. The topological polar surface area (TPSA) is 53.4 Å². The number of rotatable bonds is 6. The summed E-state index contributed by atoms with van der Waals surface area (Å²) >= 11 is 1.57. The molecule has 1 aromatic rings. The van der Waals surface area contributed by atoms with Crippen LogP contribution in [0.15, 0.2) is 11.7 Å². The zero-order valence-electron chi connectivity index (χ0n) is 9.01. The number of hydrogen-bond donors (Lipinski definition) is 1. The molecule has 15 heavy (non-hydrogen) atoms. The van der Waals surface area contributed by atoms with Crippen LogP contribution in [0.2, 0.25) is 0 Å². The first-order valence-electron chi connectivity index (χ1n) is 4.99. The maximum Gasteiger partial charge on any atom is 0.317 e. The summed E-state index contributed by atoms with van der Waals surface area (Å²) in [6.07, 6.45) is 2.76. The van der Waals surface area contributed by atoms with Crippen molar-refractivity contribution in [2.75, 3.05) is 13.1 Å². The molecule has 0 spiro atoms. The molecule has 0 saturated heterocycles. The molecule has 1 heterocycles. The highest BCUT2D eigenvalue weighted by molar-refractivity contribution is 7.09. The molecule has 1 rings (SSSR count). The fourth-order valence-corrected chi connectivity index (χ4v) is 2.19. The molecule has 5 heteroatoms. The van der Waals surface area contributed by atoms with Crippen LogP contribution in [-0.4, -0.2) is 34.0 Å². The van der Waals surface area contributed by atoms with Crippen LogP contribution < -0.4 is 0 Å². The Bertz CT molecular complexity index is 300. The van der Waals surface area contributed by atoms with E-state index in [4.69, 9.17) is 5.11 Å². The van der Waals surface area contributed by atoms with Crippen LogP contribution in [0.1, 0.15) is 31.2 Å². The number of aliphatic carboxylic acids is 1. The van der Waals surface area contributed by atoms with E-state index in [9.17, 15) is 4.79 Å². The highest BCUT2D eigenvalue weighted by Crippen LogP contribution is 2.23. The van der Waals surface area contributed by atoms with Crippen LogP contribution in [0, 0.1) is 0 Å². The molecule has 1 unspecified atom stereocenters. The summed E-state index contributed by atoms with van der Waals surface area (Å²) in [6.45, 7) is 4.96. The van der Waals surface area contributed by atoms with Crippen molar-refractivity contribution in [1.82, 2.24) is 9.88 Å². The minimum atomic E-state index is -0.778. The van der Waals surface area contributed by atoms with Crippen molar-refractivity contribution in [3.8, 4) is 0 Å². The second kappa shape index (κ2) is 5.82. The molecular weight excluding hydrogens is 212 g/mol. The van der Waals surface area contributed by atoms with E-state index in [2.05, 4.69) is 4.98 Å². The lowest BCUT2D eigenvalue weighted by molar-refractivity contribution is -0.138. The number of carbonyl (C=O) groups is 1. The summed E-state index contributed by atoms with van der Waals surface area (Å²) in [7, 11) is 0. The minimum absolute atomic E-state index is 0.0902. The van der Waals surface area contributed by atoms with Gasteiger partial charge in [-0.3, -0.25) is 14.7 Å². The van der Waals surface area contributed by atoms with Crippen molar-refractivity contribution in [3.63, 3.8) is 0 Å². The van der Waals surface area contributed by atoms with E-state index in [0.717, 1.165) is 17.8 Å². The van der Waals surface area contributed by atoms with E-state index >= 15 is 0 Å². The molecule has 0 saturated carbocycles. The zero-order valence-corrected chi connectivity index (χ0v) is 9.83. The van der Waals surface area contributed by atoms with Gasteiger partial charge in [-0.05, 0) is 19.9 Å². The van der Waals surface area contributed by atoms with Crippen molar-refractivity contribution in [1.29, 1.82) is 0 Å². The van der Waals surface area contributed by atoms with Gasteiger partial charge in [0.1, 0.15) is 0 Å². The normalized spacial score (nSPS) is 13.0. The molecule has 0 aromatic carbocycles. The number of hydrogen-bond acceptors (Lipinski definition) is 4. The lowest BCUT2D eigenvalue weighted by Gasteiger charge is -2.25. The third kappa shape index (κ3) is 3.60. The first-order chi connectivity index (χ1) is 7.15. The third-order valence-corrected chi connectivity index (χ3v) is 3.21. The van der Waals surface area contributed by atoms with Gasteiger partial charge < -0.3 is 5.11 Å². The van der Waals surface area contributed by atoms with Gasteiger partial charge >= 0.3 is 5.97 Å². The summed E-state index contributed by atoms with van der Waals surface area (Å²) < 4.78 is 0. The fourth-order valence-electron chi connectivity index (χ4n) is 1.48. The minimum Gasteiger partial charge on any atom is -0.480 e. The Morgan fingerprint density at radius 2 is 2.47 bits per heavy atom. The van der Waals surface area contributed by atoms with Gasteiger partial charge in [0, 0.05) is 17.1 Å². The van der Waals surface area contributed by atoms with Crippen LogP contribution in [0.4, 0.5) is 0 Å². The second-order valence-electron chi connectivity index (χ2n) is 3.44. The number of carboxylic acids is 1. The zero-order chi connectivity index (χ0) is 11.3. The largest absolute Gasteiger partial charge is 0.480 e. The number of carboxylic acid groups (broad SMARTS) is 1. The molecule has 84 valence electrons. The SMILES string of the molecule is CCCN(CC(=O)O)C(C)c1cncs1. The van der Waals surface area contributed by atoms with E-state index in [0.29, 0.717) is 0 Å². The Labute approximate surface area is 93.6 Å². The van der Waals surface area contributed by atoms with Crippen molar-refractivity contribution in [3.05, 3.63) is 16.6 Å². The lowest BCUT2D eigenvalue weighted by atomic mass is 10.2. The van der Waals surface area contributed by atoms with Gasteiger partial charge in [0.15, 0.2) is 0 Å². The van der Waals surface area contributed by atoms with Crippen LogP contribution in [0.5, 0.6) is 0 Å². The van der Waals surface area contributed by atoms with Crippen molar-refractivity contribution in [2.24, 2.45) is 0 Å². The van der Waals surface area contributed by atoms with Crippen LogP contribution in [0.3, 0.4) is 0 Å². The molecule has 0 radical (unpaired) electrons. The highest BCUT2D eigenvalue weighted by atomic mass is 32.1. The first-order valence-corrected chi connectivity index (χ1v) is 5.87. The summed E-state index contributed by atoms with van der Waals surface area (Å²) in [4.78, 5) is 17.8. The lowest BCUT2D eigenvalue weighted by Crippen LogP contribution is -2.32. The molecule has 0 aliphatic carbocycles. The van der Waals surface area contributed by atoms with E-state index < -0.39 is 5.97 Å². The summed E-state index contributed by atoms with van der Waals surface area (Å²) in [5.41, 5.74) is 1.77. The highest BCUT2D eigenvalue weighted by Gasteiger charge is 2.18. The maximum atomic E-state index is 10.7. The van der Waals surface area contributed by atoms with E-state index in [1.54, 1.807) is 23.0 Å². The van der Waals surface area contributed by atoms with E-state index in [-0.39, 0.29) is 12.6 Å². The average molecular weight is 228 g/mol. The van der Waals surface area contributed by atoms with Crippen molar-refractivity contribution >= 4 is 17.3 Å². The molecule has 4 nitrogen and oxygen atoms in total. The molecule has 0 aliphatic heterocycles. The molecule has 1 N–H and O–H groups in total. The molecular formula is C10H16N2O2S. The fraction of sp³-hybridized carbons (Fsp3) is 0.600. The Morgan fingerprint density at radius 3 is 2.93 bits per heavy atom. The van der Waals surface area contributed by atoms with Gasteiger partial charge in [0.2, 0.25) is 0 Å². The van der Waals surface area contributed by atoms with Crippen LogP contribution >= 0.6 is 11.3 Å². The first kappa shape index (κ1) is 12.1. The van der Waals surface area contributed by atoms with Gasteiger partial charge in [0.25, 0.3) is 0 Å². The quantitative estimate of drug-likeness (QED) is 0.809. The van der Waals surface area contributed by atoms with Crippen LogP contribution in [0.25, 0.3) is 0 Å². The Balaban J connectivity index is 2.66. The molecule has 1 aromatic heterocycles. The second-order valence-corrected chi connectivity index (χ2v) is 4.36. The number of nitrogens with zero attached hydrogens (tertiary/aromatic N) is 2. The predicted octanol–water partition coefficient (Wildman–Crippen LogP) is 2.00. The molecule has 0 bridgehead atoms. The Kier molecular flexibility index (Phi) is 4.71. The van der Waals surface area contributed by atoms with E-state index in [1.165, 1.54) is 0 Å².